The highest BCUT2D eigenvalue weighted by molar-refractivity contribution is 9.09. The number of alkyl halides is 1. The molecule has 0 aromatic carbocycles. The third-order valence-electron chi connectivity index (χ3n) is 3.26. The number of carbonyl (C=O) groups excluding carboxylic acids is 1. The van der Waals surface area contributed by atoms with Gasteiger partial charge in [0.05, 0.1) is 0 Å². The van der Waals surface area contributed by atoms with Gasteiger partial charge in [-0.3, -0.25) is 4.79 Å². The van der Waals surface area contributed by atoms with Crippen LogP contribution in [0.3, 0.4) is 0 Å². The molecule has 3 heteroatoms. The maximum absolute atomic E-state index is 11.5. The molecule has 0 aromatic rings. The van der Waals surface area contributed by atoms with Crippen LogP contribution in [-0.4, -0.2) is 28.7 Å². The smallest absolute Gasteiger partial charge is 0.223 e. The lowest BCUT2D eigenvalue weighted by atomic mass is 9.97. The van der Waals surface area contributed by atoms with Gasteiger partial charge in [0, 0.05) is 24.3 Å². The highest BCUT2D eigenvalue weighted by Gasteiger charge is 2.27. The zero-order chi connectivity index (χ0) is 10.7. The predicted octanol–water partition coefficient (Wildman–Crippen LogP) is 2.87. The zero-order valence-electron chi connectivity index (χ0n) is 9.04. The first-order valence-corrected chi connectivity index (χ1v) is 6.77. The highest BCUT2D eigenvalue weighted by atomic mass is 79.9. The second kappa shape index (κ2) is 5.15. The van der Waals surface area contributed by atoms with Crippen molar-refractivity contribution in [1.82, 2.24) is 4.90 Å². The largest absolute Gasteiger partial charge is 0.341 e. The number of hydrogen-bond donors (Lipinski definition) is 0. The number of allylic oxidation sites excluding steroid dienone is 1. The lowest BCUT2D eigenvalue weighted by Gasteiger charge is -2.18. The summed E-state index contributed by atoms with van der Waals surface area (Å²) < 4.78 is 0. The minimum absolute atomic E-state index is 0.313. The van der Waals surface area contributed by atoms with Gasteiger partial charge in [0.25, 0.3) is 0 Å². The molecule has 0 spiro atoms. The summed E-state index contributed by atoms with van der Waals surface area (Å²) in [4.78, 5) is 13.9. The molecule has 0 radical (unpaired) electrons. The Kier molecular flexibility index (Phi) is 3.84. The summed E-state index contributed by atoms with van der Waals surface area (Å²) in [6.45, 7) is 1.82. The molecule has 1 saturated heterocycles. The second-order valence-electron chi connectivity index (χ2n) is 4.50. The summed E-state index contributed by atoms with van der Waals surface area (Å²) in [7, 11) is 0. The quantitative estimate of drug-likeness (QED) is 0.571. The lowest BCUT2D eigenvalue weighted by Crippen LogP contribution is -2.26. The van der Waals surface area contributed by atoms with E-state index in [0.717, 1.165) is 19.5 Å². The number of nitrogens with zero attached hydrogens (tertiary/aromatic N) is 1. The average Bonchev–Trinajstić information content (AvgIpc) is 2.56. The second-order valence-corrected chi connectivity index (χ2v) is 5.79. The Labute approximate surface area is 99.8 Å². The molecule has 1 heterocycles. The van der Waals surface area contributed by atoms with Gasteiger partial charge in [-0.1, -0.05) is 27.6 Å². The van der Waals surface area contributed by atoms with Crippen molar-refractivity contribution in [3.63, 3.8) is 0 Å². The SMILES string of the molecule is O=C1CC(Br)CN1CCC1=CCCCC1. The van der Waals surface area contributed by atoms with Crippen LogP contribution in [0.1, 0.15) is 38.5 Å². The van der Waals surface area contributed by atoms with E-state index in [9.17, 15) is 4.79 Å². The molecule has 1 aliphatic carbocycles. The summed E-state index contributed by atoms with van der Waals surface area (Å²) in [6, 6.07) is 0. The van der Waals surface area contributed by atoms with Crippen molar-refractivity contribution in [2.45, 2.75) is 43.4 Å². The van der Waals surface area contributed by atoms with Crippen LogP contribution in [0.2, 0.25) is 0 Å². The maximum atomic E-state index is 11.5. The molecule has 1 amide bonds. The van der Waals surface area contributed by atoms with Gasteiger partial charge >= 0.3 is 0 Å². The molecular formula is C12H18BrNO. The van der Waals surface area contributed by atoms with Crippen LogP contribution < -0.4 is 0 Å². The normalized spacial score (nSPS) is 27.0. The molecule has 0 bridgehead atoms. The van der Waals surface area contributed by atoms with Crippen LogP contribution in [0.5, 0.6) is 0 Å². The first kappa shape index (κ1) is 11.2. The summed E-state index contributed by atoms with van der Waals surface area (Å²) in [5.41, 5.74) is 1.56. The van der Waals surface area contributed by atoms with Crippen molar-refractivity contribution in [1.29, 1.82) is 0 Å². The van der Waals surface area contributed by atoms with Crippen molar-refractivity contribution in [2.75, 3.05) is 13.1 Å². The Morgan fingerprint density at radius 1 is 1.47 bits per heavy atom. The minimum atomic E-state index is 0.313. The van der Waals surface area contributed by atoms with Crippen LogP contribution in [0.25, 0.3) is 0 Å². The number of likely N-dealkylation sites (tertiary alicyclic amines) is 1. The van der Waals surface area contributed by atoms with E-state index < -0.39 is 0 Å². The number of amides is 1. The summed E-state index contributed by atoms with van der Waals surface area (Å²) in [5.74, 6) is 0.313. The molecule has 0 aromatic heterocycles. The Hall–Kier alpha value is -0.310. The first-order chi connectivity index (χ1) is 7.25. The van der Waals surface area contributed by atoms with E-state index in [1.807, 2.05) is 4.90 Å². The molecule has 2 nitrogen and oxygen atoms in total. The molecule has 15 heavy (non-hydrogen) atoms. The van der Waals surface area contributed by atoms with E-state index in [2.05, 4.69) is 22.0 Å². The van der Waals surface area contributed by atoms with Gasteiger partial charge in [0.1, 0.15) is 0 Å². The molecule has 84 valence electrons. The van der Waals surface area contributed by atoms with Gasteiger partial charge in [-0.2, -0.15) is 0 Å². The zero-order valence-corrected chi connectivity index (χ0v) is 10.6. The highest BCUT2D eigenvalue weighted by Crippen LogP contribution is 2.23. The molecule has 0 saturated carbocycles. The van der Waals surface area contributed by atoms with Crippen molar-refractivity contribution < 1.29 is 4.79 Å². The molecule has 2 aliphatic rings. The summed E-state index contributed by atoms with van der Waals surface area (Å²) >= 11 is 3.51. The van der Waals surface area contributed by atoms with Crippen LogP contribution in [0.4, 0.5) is 0 Å². The fraction of sp³-hybridized carbons (Fsp3) is 0.750. The van der Waals surface area contributed by atoms with Gasteiger partial charge in [-0.15, -0.1) is 0 Å². The molecular weight excluding hydrogens is 254 g/mol. The third-order valence-corrected chi connectivity index (χ3v) is 3.87. The molecule has 1 fully saturated rings. The molecule has 1 aliphatic heterocycles. The summed E-state index contributed by atoms with van der Waals surface area (Å²) in [6.07, 6.45) is 9.31. The van der Waals surface area contributed by atoms with Crippen molar-refractivity contribution in [3.05, 3.63) is 11.6 Å². The summed E-state index contributed by atoms with van der Waals surface area (Å²) in [5, 5.41) is 0. The maximum Gasteiger partial charge on any atom is 0.223 e. The van der Waals surface area contributed by atoms with E-state index in [0.29, 0.717) is 17.2 Å². The van der Waals surface area contributed by atoms with Crippen LogP contribution >= 0.6 is 15.9 Å². The Morgan fingerprint density at radius 3 is 2.93 bits per heavy atom. The first-order valence-electron chi connectivity index (χ1n) is 5.85. The monoisotopic (exact) mass is 271 g/mol. The Balaban J connectivity index is 1.78. The van der Waals surface area contributed by atoms with Gasteiger partial charge in [-0.25, -0.2) is 0 Å². The van der Waals surface area contributed by atoms with E-state index in [-0.39, 0.29) is 0 Å². The number of carbonyl (C=O) groups is 1. The lowest BCUT2D eigenvalue weighted by molar-refractivity contribution is -0.127. The third kappa shape index (κ3) is 3.07. The van der Waals surface area contributed by atoms with E-state index >= 15 is 0 Å². The minimum Gasteiger partial charge on any atom is -0.341 e. The fourth-order valence-corrected chi connectivity index (χ4v) is 2.98. The number of hydrogen-bond acceptors (Lipinski definition) is 1. The van der Waals surface area contributed by atoms with Crippen LogP contribution in [-0.2, 0) is 4.79 Å². The fourth-order valence-electron chi connectivity index (χ4n) is 2.35. The standard InChI is InChI=1S/C12H18BrNO/c13-11-8-12(15)14(9-11)7-6-10-4-2-1-3-5-10/h4,11H,1-3,5-9H2. The van der Waals surface area contributed by atoms with Crippen LogP contribution in [0.15, 0.2) is 11.6 Å². The van der Waals surface area contributed by atoms with Crippen LogP contribution in [0, 0.1) is 0 Å². The molecule has 2 rings (SSSR count). The van der Waals surface area contributed by atoms with Crippen molar-refractivity contribution >= 4 is 21.8 Å². The number of halogens is 1. The Morgan fingerprint density at radius 2 is 2.33 bits per heavy atom. The van der Waals surface area contributed by atoms with E-state index in [4.69, 9.17) is 0 Å². The van der Waals surface area contributed by atoms with Crippen molar-refractivity contribution in [2.24, 2.45) is 0 Å². The molecule has 1 atom stereocenters. The Bertz CT molecular complexity index is 275. The van der Waals surface area contributed by atoms with E-state index in [1.165, 1.54) is 25.7 Å². The number of rotatable bonds is 3. The molecule has 0 N–H and O–H groups in total. The van der Waals surface area contributed by atoms with Gasteiger partial charge in [-0.05, 0) is 32.1 Å². The van der Waals surface area contributed by atoms with Gasteiger partial charge in [0.15, 0.2) is 0 Å². The van der Waals surface area contributed by atoms with Gasteiger partial charge in [0.2, 0.25) is 5.91 Å². The van der Waals surface area contributed by atoms with Crippen molar-refractivity contribution in [3.8, 4) is 0 Å². The van der Waals surface area contributed by atoms with Gasteiger partial charge < -0.3 is 4.90 Å². The predicted molar refractivity (Wildman–Crippen MR) is 65.1 cm³/mol. The van der Waals surface area contributed by atoms with E-state index in [1.54, 1.807) is 5.57 Å². The molecule has 1 unspecified atom stereocenters. The topological polar surface area (TPSA) is 20.3 Å². The average molecular weight is 272 g/mol.